The molecule has 2 N–H and O–H groups in total. The predicted octanol–water partition coefficient (Wildman–Crippen LogP) is 2.08. The van der Waals surface area contributed by atoms with Crippen LogP contribution in [0.3, 0.4) is 0 Å². The van der Waals surface area contributed by atoms with Crippen LogP contribution < -0.4 is 10.0 Å². The maximum Gasteiger partial charge on any atom is 0.253 e. The van der Waals surface area contributed by atoms with Crippen molar-refractivity contribution in [2.75, 3.05) is 18.4 Å². The largest absolute Gasteiger partial charge is 0.360 e. The lowest BCUT2D eigenvalue weighted by Gasteiger charge is -2.19. The molecule has 1 aromatic heterocycles. The van der Waals surface area contributed by atoms with Gasteiger partial charge in [-0.15, -0.1) is 0 Å². The van der Waals surface area contributed by atoms with Crippen LogP contribution in [0.15, 0.2) is 33.7 Å². The number of aromatic nitrogens is 1. The number of carbonyl (C=O) groups is 2. The summed E-state index contributed by atoms with van der Waals surface area (Å²) in [7, 11) is -3.97. The van der Waals surface area contributed by atoms with E-state index >= 15 is 0 Å². The van der Waals surface area contributed by atoms with Crippen LogP contribution in [0.5, 0.6) is 0 Å². The van der Waals surface area contributed by atoms with Crippen LogP contribution in [0.1, 0.15) is 42.6 Å². The summed E-state index contributed by atoms with van der Waals surface area (Å²) in [6, 6.07) is 5.41. The van der Waals surface area contributed by atoms with Gasteiger partial charge in [-0.2, -0.15) is 4.72 Å². The minimum absolute atomic E-state index is 0.0728. The number of nitrogens with one attached hydrogen (secondary N) is 2. The fourth-order valence-electron chi connectivity index (χ4n) is 2.84. The van der Waals surface area contributed by atoms with E-state index < -0.39 is 22.0 Å². The molecular formula is C19H26N4O5S. The number of carbonyl (C=O) groups excluding carboxylic acids is 2. The molecule has 0 bridgehead atoms. The molecule has 0 unspecified atom stereocenters. The molecule has 0 aliphatic heterocycles. The first-order valence-electron chi connectivity index (χ1n) is 9.26. The summed E-state index contributed by atoms with van der Waals surface area (Å²) in [5.74, 6) is -0.479. The number of aryl methyl sites for hydroxylation is 2. The quantitative estimate of drug-likeness (QED) is 0.672. The Balaban J connectivity index is 2.05. The van der Waals surface area contributed by atoms with Crippen LogP contribution in [0.2, 0.25) is 0 Å². The highest BCUT2D eigenvalue weighted by Gasteiger charge is 2.28. The molecule has 0 aliphatic rings. The molecule has 1 aromatic carbocycles. The third-order valence-electron chi connectivity index (χ3n) is 4.41. The Bertz CT molecular complexity index is 959. The normalized spacial score (nSPS) is 12.4. The molecule has 9 nitrogen and oxygen atoms in total. The van der Waals surface area contributed by atoms with Crippen LogP contribution in [-0.4, -0.2) is 49.4 Å². The van der Waals surface area contributed by atoms with Crippen molar-refractivity contribution in [2.45, 2.75) is 45.6 Å². The summed E-state index contributed by atoms with van der Waals surface area (Å²) < 4.78 is 32.2. The highest BCUT2D eigenvalue weighted by molar-refractivity contribution is 7.89. The van der Waals surface area contributed by atoms with Crippen LogP contribution in [0.25, 0.3) is 0 Å². The summed E-state index contributed by atoms with van der Waals surface area (Å²) in [6.45, 7) is 9.45. The standard InChI is InChI=1S/C19H26N4O5S/c1-6-23(7-2)19(25)15-8-10-16(11-9-15)20-18(24)13(4)22-29(26,27)17-12(3)21-28-14(17)5/h8-11,13,22H,6-7H2,1-5H3,(H,20,24)/t13-/m0/s1. The van der Waals surface area contributed by atoms with Crippen molar-refractivity contribution in [2.24, 2.45) is 0 Å². The Morgan fingerprint density at radius 2 is 1.72 bits per heavy atom. The van der Waals surface area contributed by atoms with Gasteiger partial charge in [-0.1, -0.05) is 5.16 Å². The molecule has 0 aliphatic carbocycles. The number of rotatable bonds is 8. The average molecular weight is 423 g/mol. The van der Waals surface area contributed by atoms with Gasteiger partial charge in [-0.05, 0) is 58.9 Å². The van der Waals surface area contributed by atoms with Crippen LogP contribution in [-0.2, 0) is 14.8 Å². The van der Waals surface area contributed by atoms with E-state index in [0.717, 1.165) is 0 Å². The monoisotopic (exact) mass is 422 g/mol. The smallest absolute Gasteiger partial charge is 0.253 e. The van der Waals surface area contributed by atoms with Gasteiger partial charge in [0.1, 0.15) is 10.6 Å². The number of hydrogen-bond acceptors (Lipinski definition) is 6. The third kappa shape index (κ3) is 5.21. The lowest BCUT2D eigenvalue weighted by Crippen LogP contribution is -2.41. The van der Waals surface area contributed by atoms with Gasteiger partial charge < -0.3 is 14.7 Å². The molecule has 2 amide bonds. The number of hydrogen-bond donors (Lipinski definition) is 2. The Kier molecular flexibility index (Phi) is 7.15. The van der Waals surface area contributed by atoms with E-state index in [4.69, 9.17) is 4.52 Å². The summed E-state index contributed by atoms with van der Waals surface area (Å²) >= 11 is 0. The maximum absolute atomic E-state index is 12.5. The van der Waals surface area contributed by atoms with E-state index in [-0.39, 0.29) is 22.3 Å². The lowest BCUT2D eigenvalue weighted by molar-refractivity contribution is -0.117. The van der Waals surface area contributed by atoms with E-state index in [1.807, 2.05) is 13.8 Å². The van der Waals surface area contributed by atoms with Crippen molar-refractivity contribution in [1.82, 2.24) is 14.8 Å². The fourth-order valence-corrected chi connectivity index (χ4v) is 4.38. The van der Waals surface area contributed by atoms with Crippen LogP contribution >= 0.6 is 0 Å². The lowest BCUT2D eigenvalue weighted by atomic mass is 10.1. The molecule has 2 aromatic rings. The average Bonchev–Trinajstić information content (AvgIpc) is 3.02. The van der Waals surface area contributed by atoms with Crippen molar-refractivity contribution >= 4 is 27.5 Å². The Labute approximate surface area is 170 Å². The van der Waals surface area contributed by atoms with Crippen molar-refractivity contribution in [3.05, 3.63) is 41.3 Å². The molecule has 10 heteroatoms. The number of sulfonamides is 1. The van der Waals surface area contributed by atoms with Gasteiger partial charge >= 0.3 is 0 Å². The Hall–Kier alpha value is -2.72. The first kappa shape index (κ1) is 22.6. The maximum atomic E-state index is 12.5. The Morgan fingerprint density at radius 3 is 2.21 bits per heavy atom. The van der Waals surface area contributed by atoms with Gasteiger partial charge in [0, 0.05) is 24.3 Å². The SMILES string of the molecule is CCN(CC)C(=O)c1ccc(NC(=O)[C@H](C)NS(=O)(=O)c2c(C)noc2C)cc1. The Morgan fingerprint density at radius 1 is 1.14 bits per heavy atom. The summed E-state index contributed by atoms with van der Waals surface area (Å²) in [5.41, 5.74) is 1.18. The zero-order valence-electron chi connectivity index (χ0n) is 17.1. The first-order chi connectivity index (χ1) is 13.6. The van der Waals surface area contributed by atoms with E-state index in [2.05, 4.69) is 15.2 Å². The number of anilines is 1. The highest BCUT2D eigenvalue weighted by Crippen LogP contribution is 2.19. The second-order valence-electron chi connectivity index (χ2n) is 6.54. The third-order valence-corrected chi connectivity index (χ3v) is 6.20. The van der Waals surface area contributed by atoms with E-state index in [1.165, 1.54) is 20.8 Å². The van der Waals surface area contributed by atoms with E-state index in [0.29, 0.717) is 24.3 Å². The van der Waals surface area contributed by atoms with Gasteiger partial charge in [0.05, 0.1) is 6.04 Å². The molecule has 0 saturated carbocycles. The molecule has 2 rings (SSSR count). The zero-order chi connectivity index (χ0) is 21.8. The summed E-state index contributed by atoms with van der Waals surface area (Å²) in [6.07, 6.45) is 0. The van der Waals surface area contributed by atoms with Crippen LogP contribution in [0, 0.1) is 13.8 Å². The van der Waals surface area contributed by atoms with E-state index in [1.54, 1.807) is 29.2 Å². The van der Waals surface area contributed by atoms with Crippen molar-refractivity contribution in [3.63, 3.8) is 0 Å². The van der Waals surface area contributed by atoms with Crippen molar-refractivity contribution in [1.29, 1.82) is 0 Å². The minimum atomic E-state index is -3.97. The molecule has 0 saturated heterocycles. The topological polar surface area (TPSA) is 122 Å². The van der Waals surface area contributed by atoms with Crippen molar-refractivity contribution < 1.29 is 22.5 Å². The second-order valence-corrected chi connectivity index (χ2v) is 8.19. The van der Waals surface area contributed by atoms with Crippen molar-refractivity contribution in [3.8, 4) is 0 Å². The molecule has 1 heterocycles. The molecular weight excluding hydrogens is 396 g/mol. The summed E-state index contributed by atoms with van der Waals surface area (Å²) in [5, 5.41) is 6.26. The molecule has 158 valence electrons. The van der Waals surface area contributed by atoms with E-state index in [9.17, 15) is 18.0 Å². The fraction of sp³-hybridized carbons (Fsp3) is 0.421. The molecule has 1 atom stereocenters. The summed E-state index contributed by atoms with van der Waals surface area (Å²) in [4.78, 5) is 26.3. The number of amides is 2. The first-order valence-corrected chi connectivity index (χ1v) is 10.7. The van der Waals surface area contributed by atoms with Gasteiger partial charge in [0.2, 0.25) is 15.9 Å². The minimum Gasteiger partial charge on any atom is -0.360 e. The highest BCUT2D eigenvalue weighted by atomic mass is 32.2. The second kappa shape index (κ2) is 9.19. The molecule has 29 heavy (non-hydrogen) atoms. The van der Waals surface area contributed by atoms with Gasteiger partial charge in [0.25, 0.3) is 5.91 Å². The van der Waals surface area contributed by atoms with Gasteiger partial charge in [-0.3, -0.25) is 9.59 Å². The molecule has 0 fully saturated rings. The molecule has 0 radical (unpaired) electrons. The predicted molar refractivity (Wildman–Crippen MR) is 108 cm³/mol. The number of nitrogens with zero attached hydrogens (tertiary/aromatic N) is 2. The van der Waals surface area contributed by atoms with Gasteiger partial charge in [0.15, 0.2) is 5.76 Å². The van der Waals surface area contributed by atoms with Crippen LogP contribution in [0.4, 0.5) is 5.69 Å². The van der Waals surface area contributed by atoms with Gasteiger partial charge in [-0.25, -0.2) is 8.42 Å². The molecule has 0 spiro atoms. The zero-order valence-corrected chi connectivity index (χ0v) is 18.0. The number of benzene rings is 1.